The first-order chi connectivity index (χ1) is 13.8. The molecule has 1 amide bonds. The number of benzene rings is 3. The Morgan fingerprint density at radius 2 is 1.76 bits per heavy atom. The maximum absolute atomic E-state index is 12.6. The summed E-state index contributed by atoms with van der Waals surface area (Å²) in [7, 11) is -3.68. The molecule has 4 rings (SSSR count). The van der Waals surface area contributed by atoms with E-state index in [1.54, 1.807) is 30.3 Å². The number of hydrogen-bond donors (Lipinski definition) is 1. The second-order valence-electron chi connectivity index (χ2n) is 6.61. The van der Waals surface area contributed by atoms with E-state index in [4.69, 9.17) is 16.0 Å². The lowest BCUT2D eigenvalue weighted by Gasteiger charge is -2.22. The van der Waals surface area contributed by atoms with Gasteiger partial charge in [-0.3, -0.25) is 9.10 Å². The fourth-order valence-corrected chi connectivity index (χ4v) is 4.20. The van der Waals surface area contributed by atoms with E-state index in [1.165, 1.54) is 6.07 Å². The number of sulfonamides is 1. The number of halogens is 1. The standard InChI is InChI=1S/C21H17ClN2O4S/c1-29(26,27)24(16-6-4-5-14(22)11-16)13-21(25)23-15-9-10-18-17-7-2-3-8-19(17)28-20(18)12-15/h2-12H,13H2,1H3,(H,23,25). The third kappa shape index (κ3) is 4.06. The summed E-state index contributed by atoms with van der Waals surface area (Å²) in [5.74, 6) is -0.481. The van der Waals surface area contributed by atoms with Crippen LogP contribution in [0.4, 0.5) is 11.4 Å². The zero-order valence-corrected chi connectivity index (χ0v) is 17.0. The highest BCUT2D eigenvalue weighted by Crippen LogP contribution is 2.30. The van der Waals surface area contributed by atoms with E-state index in [-0.39, 0.29) is 6.54 Å². The van der Waals surface area contributed by atoms with E-state index in [9.17, 15) is 13.2 Å². The van der Waals surface area contributed by atoms with Crippen molar-refractivity contribution in [3.8, 4) is 0 Å². The fourth-order valence-electron chi connectivity index (χ4n) is 3.17. The SMILES string of the molecule is CS(=O)(=O)N(CC(=O)Nc1ccc2c(c1)oc1ccccc12)c1cccc(Cl)c1. The van der Waals surface area contributed by atoms with Crippen LogP contribution in [-0.2, 0) is 14.8 Å². The minimum Gasteiger partial charge on any atom is -0.456 e. The van der Waals surface area contributed by atoms with E-state index >= 15 is 0 Å². The average Bonchev–Trinajstić information content (AvgIpc) is 3.03. The van der Waals surface area contributed by atoms with Crippen LogP contribution < -0.4 is 9.62 Å². The van der Waals surface area contributed by atoms with Crippen LogP contribution in [-0.4, -0.2) is 27.1 Å². The minimum atomic E-state index is -3.68. The first-order valence-corrected chi connectivity index (χ1v) is 11.0. The Bertz CT molecular complexity index is 1330. The van der Waals surface area contributed by atoms with Crippen LogP contribution in [0.5, 0.6) is 0 Å². The van der Waals surface area contributed by atoms with Crippen molar-refractivity contribution in [1.29, 1.82) is 0 Å². The van der Waals surface area contributed by atoms with Gasteiger partial charge in [0, 0.05) is 27.5 Å². The number of nitrogens with one attached hydrogen (secondary N) is 1. The lowest BCUT2D eigenvalue weighted by Crippen LogP contribution is -2.37. The quantitative estimate of drug-likeness (QED) is 0.502. The van der Waals surface area contributed by atoms with Gasteiger partial charge in [0.15, 0.2) is 0 Å². The monoisotopic (exact) mass is 428 g/mol. The summed E-state index contributed by atoms with van der Waals surface area (Å²) in [5.41, 5.74) is 2.23. The van der Waals surface area contributed by atoms with Gasteiger partial charge >= 0.3 is 0 Å². The molecule has 0 unspecified atom stereocenters. The molecule has 1 aromatic heterocycles. The largest absolute Gasteiger partial charge is 0.456 e. The number of rotatable bonds is 5. The Morgan fingerprint density at radius 3 is 2.52 bits per heavy atom. The number of nitrogens with zero attached hydrogens (tertiary/aromatic N) is 1. The molecule has 0 aliphatic carbocycles. The number of anilines is 2. The van der Waals surface area contributed by atoms with Crippen molar-refractivity contribution in [3.05, 3.63) is 71.8 Å². The molecule has 0 saturated heterocycles. The number of carbonyl (C=O) groups excluding carboxylic acids is 1. The minimum absolute atomic E-state index is 0.322. The third-order valence-corrected chi connectivity index (χ3v) is 5.82. The Morgan fingerprint density at radius 1 is 1.00 bits per heavy atom. The summed E-state index contributed by atoms with van der Waals surface area (Å²) in [5, 5.41) is 5.04. The molecule has 148 valence electrons. The van der Waals surface area contributed by atoms with Gasteiger partial charge in [0.25, 0.3) is 0 Å². The van der Waals surface area contributed by atoms with Gasteiger partial charge < -0.3 is 9.73 Å². The van der Waals surface area contributed by atoms with E-state index in [1.807, 2.05) is 30.3 Å². The smallest absolute Gasteiger partial charge is 0.245 e. The molecule has 4 aromatic rings. The molecule has 0 radical (unpaired) electrons. The first-order valence-electron chi connectivity index (χ1n) is 8.76. The zero-order valence-electron chi connectivity index (χ0n) is 15.4. The molecule has 8 heteroatoms. The highest BCUT2D eigenvalue weighted by molar-refractivity contribution is 7.92. The topological polar surface area (TPSA) is 79.6 Å². The van der Waals surface area contributed by atoms with Crippen LogP contribution in [0.1, 0.15) is 0 Å². The molecule has 6 nitrogen and oxygen atoms in total. The van der Waals surface area contributed by atoms with Crippen LogP contribution in [0.15, 0.2) is 71.1 Å². The normalized spacial score (nSPS) is 11.7. The summed E-state index contributed by atoms with van der Waals surface area (Å²) in [4.78, 5) is 12.6. The first kappa shape index (κ1) is 19.3. The highest BCUT2D eigenvalue weighted by Gasteiger charge is 2.21. The Balaban J connectivity index is 1.58. The highest BCUT2D eigenvalue weighted by atomic mass is 35.5. The lowest BCUT2D eigenvalue weighted by molar-refractivity contribution is -0.114. The molecule has 0 spiro atoms. The summed E-state index contributed by atoms with van der Waals surface area (Å²) in [6.45, 7) is -0.378. The van der Waals surface area contributed by atoms with E-state index in [0.717, 1.165) is 26.9 Å². The molecule has 0 atom stereocenters. The zero-order chi connectivity index (χ0) is 20.6. The number of hydrogen-bond acceptors (Lipinski definition) is 4. The summed E-state index contributed by atoms with van der Waals surface area (Å²) >= 11 is 5.96. The van der Waals surface area contributed by atoms with E-state index < -0.39 is 15.9 Å². The van der Waals surface area contributed by atoms with Gasteiger partial charge in [-0.05, 0) is 36.4 Å². The Labute approximate surface area is 172 Å². The van der Waals surface area contributed by atoms with Crippen LogP contribution in [0.25, 0.3) is 21.9 Å². The number of furan rings is 1. The van der Waals surface area contributed by atoms with Gasteiger partial charge in [0.1, 0.15) is 17.7 Å². The second-order valence-corrected chi connectivity index (χ2v) is 8.95. The van der Waals surface area contributed by atoms with Crippen LogP contribution in [0, 0.1) is 0 Å². The second kappa shape index (κ2) is 7.42. The molecule has 0 aliphatic rings. The van der Waals surface area contributed by atoms with Gasteiger partial charge in [0.2, 0.25) is 15.9 Å². The lowest BCUT2D eigenvalue weighted by atomic mass is 10.1. The molecule has 0 bridgehead atoms. The Hall–Kier alpha value is -3.03. The maximum atomic E-state index is 12.6. The summed E-state index contributed by atoms with van der Waals surface area (Å²) < 4.78 is 31.2. The van der Waals surface area contributed by atoms with Crippen molar-refractivity contribution in [2.24, 2.45) is 0 Å². The Kier molecular flexibility index (Phi) is 4.94. The van der Waals surface area contributed by atoms with Gasteiger partial charge in [-0.1, -0.05) is 35.9 Å². The predicted octanol–water partition coefficient (Wildman–Crippen LogP) is 4.64. The van der Waals surface area contributed by atoms with Gasteiger partial charge in [-0.25, -0.2) is 8.42 Å². The third-order valence-electron chi connectivity index (χ3n) is 4.45. The predicted molar refractivity (Wildman–Crippen MR) is 116 cm³/mol. The number of para-hydroxylation sites is 1. The molecule has 3 aromatic carbocycles. The van der Waals surface area contributed by atoms with Crippen molar-refractivity contribution in [3.63, 3.8) is 0 Å². The van der Waals surface area contributed by atoms with Crippen molar-refractivity contribution in [2.75, 3.05) is 22.4 Å². The maximum Gasteiger partial charge on any atom is 0.245 e. The van der Waals surface area contributed by atoms with Crippen LogP contribution in [0.3, 0.4) is 0 Å². The van der Waals surface area contributed by atoms with Crippen molar-refractivity contribution in [2.45, 2.75) is 0 Å². The van der Waals surface area contributed by atoms with Crippen molar-refractivity contribution < 1.29 is 17.6 Å². The molecule has 0 saturated carbocycles. The van der Waals surface area contributed by atoms with E-state index in [2.05, 4.69) is 5.32 Å². The average molecular weight is 429 g/mol. The molecule has 0 aliphatic heterocycles. The molecule has 1 N–H and O–H groups in total. The molecule has 0 fully saturated rings. The van der Waals surface area contributed by atoms with E-state index in [0.29, 0.717) is 22.0 Å². The van der Waals surface area contributed by atoms with Gasteiger partial charge in [0.05, 0.1) is 11.9 Å². The summed E-state index contributed by atoms with van der Waals surface area (Å²) in [6, 6.07) is 19.4. The van der Waals surface area contributed by atoms with Crippen molar-refractivity contribution in [1.82, 2.24) is 0 Å². The molecule has 1 heterocycles. The fraction of sp³-hybridized carbons (Fsp3) is 0.0952. The molecular weight excluding hydrogens is 412 g/mol. The van der Waals surface area contributed by atoms with Crippen molar-refractivity contribution >= 4 is 60.8 Å². The van der Waals surface area contributed by atoms with Crippen LogP contribution >= 0.6 is 11.6 Å². The molecular formula is C21H17ClN2O4S. The number of carbonyl (C=O) groups is 1. The number of fused-ring (bicyclic) bond motifs is 3. The van der Waals surface area contributed by atoms with Crippen LogP contribution in [0.2, 0.25) is 5.02 Å². The van der Waals surface area contributed by atoms with Gasteiger partial charge in [-0.2, -0.15) is 0 Å². The van der Waals surface area contributed by atoms with Gasteiger partial charge in [-0.15, -0.1) is 0 Å². The number of amides is 1. The molecule has 29 heavy (non-hydrogen) atoms. The summed E-state index contributed by atoms with van der Waals surface area (Å²) in [6.07, 6.45) is 1.04.